The van der Waals surface area contributed by atoms with Crippen LogP contribution in [0.5, 0.6) is 5.75 Å². The summed E-state index contributed by atoms with van der Waals surface area (Å²) in [6, 6.07) is 11.3. The van der Waals surface area contributed by atoms with E-state index in [2.05, 4.69) is 4.98 Å². The summed E-state index contributed by atoms with van der Waals surface area (Å²) in [5.74, 6) is -3.10. The number of carbonyl (C=O) groups excluding carboxylic acids is 2. The second-order valence-electron chi connectivity index (χ2n) is 3.92. The Balaban J connectivity index is 0.00000220. The molecule has 102 valence electrons. The van der Waals surface area contributed by atoms with Crippen LogP contribution in [0.1, 0.15) is 26.5 Å². The number of hydrogen-bond acceptors (Lipinski definition) is 6. The molecule has 1 heterocycles. The summed E-state index contributed by atoms with van der Waals surface area (Å²) in [5.41, 5.74) is -0.182. The number of carboxylic acid groups (broad SMARTS) is 2. The molecule has 0 unspecified atom stereocenters. The predicted molar refractivity (Wildman–Crippen MR) is 63.7 cm³/mol. The van der Waals surface area contributed by atoms with Crippen LogP contribution in [-0.4, -0.2) is 16.9 Å². The molecule has 0 amide bonds. The van der Waals surface area contributed by atoms with Crippen molar-refractivity contribution in [1.82, 2.24) is 4.98 Å². The smallest absolute Gasteiger partial charge is 0.543 e. The number of pyridine rings is 1. The third kappa shape index (κ3) is 6.08. The Kier molecular flexibility index (Phi) is 9.59. The third-order valence-electron chi connectivity index (χ3n) is 2.47. The first-order valence-corrected chi connectivity index (χ1v) is 5.68. The van der Waals surface area contributed by atoms with Crippen molar-refractivity contribution < 1.29 is 83.7 Å². The monoisotopic (exact) mass is 317 g/mol. The quantitative estimate of drug-likeness (QED) is 0.508. The standard InChI is InChI=1S/C14H11NO5.2Na/c16-13(17)11-6-10(7-12(15-11)14(18)19)20-8-9-4-2-1-3-5-9;;/h1-7H,8H2,(H,16,17)(H,18,19);;/q;2*+1/p-2. The van der Waals surface area contributed by atoms with Crippen LogP contribution in [0.25, 0.3) is 0 Å². The summed E-state index contributed by atoms with van der Waals surface area (Å²) in [5, 5.41) is 21.5. The van der Waals surface area contributed by atoms with E-state index < -0.39 is 23.3 Å². The minimum atomic E-state index is -1.59. The average Bonchev–Trinajstić information content (AvgIpc) is 2.45. The zero-order chi connectivity index (χ0) is 14.5. The van der Waals surface area contributed by atoms with Gasteiger partial charge in [0.15, 0.2) is 0 Å². The van der Waals surface area contributed by atoms with Crippen LogP contribution in [0, 0.1) is 0 Å². The largest absolute Gasteiger partial charge is 1.00 e. The molecule has 2 rings (SSSR count). The van der Waals surface area contributed by atoms with E-state index in [1.807, 2.05) is 30.3 Å². The SMILES string of the molecule is O=C([O-])c1cc(OCc2ccccc2)cc(C(=O)[O-])n1.[Na+].[Na+]. The van der Waals surface area contributed by atoms with Crippen LogP contribution < -0.4 is 74.1 Å². The molecule has 6 nitrogen and oxygen atoms in total. The van der Waals surface area contributed by atoms with Gasteiger partial charge in [0.05, 0.1) is 23.3 Å². The first kappa shape index (κ1) is 21.1. The van der Waals surface area contributed by atoms with Crippen molar-refractivity contribution in [2.24, 2.45) is 0 Å². The van der Waals surface area contributed by atoms with E-state index in [0.29, 0.717) is 0 Å². The zero-order valence-corrected chi connectivity index (χ0v) is 16.2. The number of carbonyl (C=O) groups is 2. The zero-order valence-electron chi connectivity index (χ0n) is 12.2. The normalized spacial score (nSPS) is 9.09. The fraction of sp³-hybridized carbons (Fsp3) is 0.0714. The van der Waals surface area contributed by atoms with Crippen molar-refractivity contribution in [2.75, 3.05) is 0 Å². The van der Waals surface area contributed by atoms with Gasteiger partial charge in [-0.3, -0.25) is 0 Å². The first-order chi connectivity index (χ1) is 9.56. The summed E-state index contributed by atoms with van der Waals surface area (Å²) in [6.07, 6.45) is 0. The van der Waals surface area contributed by atoms with Gasteiger partial charge in [-0.15, -0.1) is 0 Å². The molecule has 0 spiro atoms. The molecule has 0 aliphatic heterocycles. The van der Waals surface area contributed by atoms with Gasteiger partial charge in [-0.05, 0) is 5.56 Å². The van der Waals surface area contributed by atoms with E-state index >= 15 is 0 Å². The number of ether oxygens (including phenoxy) is 1. The first-order valence-electron chi connectivity index (χ1n) is 5.68. The molecule has 8 heteroatoms. The molecular weight excluding hydrogens is 308 g/mol. The number of aromatic carboxylic acids is 2. The van der Waals surface area contributed by atoms with Gasteiger partial charge in [0.2, 0.25) is 0 Å². The number of rotatable bonds is 5. The maximum atomic E-state index is 10.8. The van der Waals surface area contributed by atoms with Crippen LogP contribution in [-0.2, 0) is 6.61 Å². The van der Waals surface area contributed by atoms with Crippen molar-refractivity contribution >= 4 is 11.9 Å². The van der Waals surface area contributed by atoms with Gasteiger partial charge in [0, 0.05) is 12.1 Å². The summed E-state index contributed by atoms with van der Waals surface area (Å²) >= 11 is 0. The van der Waals surface area contributed by atoms with Gasteiger partial charge in [-0.25, -0.2) is 4.98 Å². The molecule has 1 aromatic carbocycles. The molecular formula is C14H9NNa2O5. The van der Waals surface area contributed by atoms with Crippen LogP contribution in [0.3, 0.4) is 0 Å². The molecule has 22 heavy (non-hydrogen) atoms. The average molecular weight is 317 g/mol. The van der Waals surface area contributed by atoms with Gasteiger partial charge >= 0.3 is 59.1 Å². The van der Waals surface area contributed by atoms with Crippen LogP contribution in [0.15, 0.2) is 42.5 Å². The Labute approximate surface area is 171 Å². The van der Waals surface area contributed by atoms with Gasteiger partial charge in [-0.2, -0.15) is 0 Å². The molecule has 0 fully saturated rings. The Morgan fingerprint density at radius 1 is 0.955 bits per heavy atom. The fourth-order valence-corrected chi connectivity index (χ4v) is 1.54. The number of carboxylic acids is 2. The summed E-state index contributed by atoms with van der Waals surface area (Å²) in [6.45, 7) is 0.170. The molecule has 2 aromatic rings. The maximum Gasteiger partial charge on any atom is 1.00 e. The van der Waals surface area contributed by atoms with E-state index in [1.54, 1.807) is 0 Å². The fourth-order valence-electron chi connectivity index (χ4n) is 1.54. The van der Waals surface area contributed by atoms with Crippen molar-refractivity contribution in [3.8, 4) is 5.75 Å². The molecule has 0 aliphatic rings. The molecule has 0 aliphatic carbocycles. The molecule has 0 atom stereocenters. The van der Waals surface area contributed by atoms with E-state index in [9.17, 15) is 19.8 Å². The van der Waals surface area contributed by atoms with Gasteiger partial charge < -0.3 is 24.5 Å². The Bertz CT molecular complexity index is 617. The van der Waals surface area contributed by atoms with E-state index in [4.69, 9.17) is 4.74 Å². The molecule has 1 aromatic heterocycles. The summed E-state index contributed by atoms with van der Waals surface area (Å²) in [4.78, 5) is 24.9. The summed E-state index contributed by atoms with van der Waals surface area (Å²) < 4.78 is 5.35. The minimum Gasteiger partial charge on any atom is -0.543 e. The second-order valence-corrected chi connectivity index (χ2v) is 3.92. The van der Waals surface area contributed by atoms with Crippen molar-refractivity contribution in [3.05, 3.63) is 59.4 Å². The number of aromatic nitrogens is 1. The Morgan fingerprint density at radius 2 is 1.45 bits per heavy atom. The molecule has 0 N–H and O–H groups in total. The van der Waals surface area contributed by atoms with Gasteiger partial charge in [0.25, 0.3) is 0 Å². The van der Waals surface area contributed by atoms with Crippen LogP contribution in [0.2, 0.25) is 0 Å². The summed E-state index contributed by atoms with van der Waals surface area (Å²) in [7, 11) is 0. The minimum absolute atomic E-state index is 0. The van der Waals surface area contributed by atoms with Crippen molar-refractivity contribution in [3.63, 3.8) is 0 Å². The van der Waals surface area contributed by atoms with Crippen molar-refractivity contribution in [2.45, 2.75) is 6.61 Å². The van der Waals surface area contributed by atoms with Gasteiger partial charge in [0.1, 0.15) is 12.4 Å². The molecule has 0 saturated heterocycles. The Morgan fingerprint density at radius 3 is 1.91 bits per heavy atom. The Hall–Kier alpha value is -0.890. The van der Waals surface area contributed by atoms with Gasteiger partial charge in [-0.1, -0.05) is 30.3 Å². The molecule has 0 bridgehead atoms. The van der Waals surface area contributed by atoms with Crippen LogP contribution >= 0.6 is 0 Å². The third-order valence-corrected chi connectivity index (χ3v) is 2.47. The van der Waals surface area contributed by atoms with E-state index in [1.165, 1.54) is 0 Å². The molecule has 0 saturated carbocycles. The second kappa shape index (κ2) is 9.99. The van der Waals surface area contributed by atoms with Crippen LogP contribution in [0.4, 0.5) is 0 Å². The number of hydrogen-bond donors (Lipinski definition) is 0. The molecule has 0 radical (unpaired) electrons. The van der Waals surface area contributed by atoms with Crippen molar-refractivity contribution in [1.29, 1.82) is 0 Å². The number of nitrogens with zero attached hydrogens (tertiary/aromatic N) is 1. The predicted octanol–water partition coefficient (Wildman–Crippen LogP) is -6.60. The topological polar surface area (TPSA) is 102 Å². The van der Waals surface area contributed by atoms with E-state index in [0.717, 1.165) is 17.7 Å². The maximum absolute atomic E-state index is 10.8. The van der Waals surface area contributed by atoms with E-state index in [-0.39, 0.29) is 71.5 Å². The number of benzene rings is 1.